The lowest BCUT2D eigenvalue weighted by atomic mass is 9.89. The molecule has 2 rings (SSSR count). The van der Waals surface area contributed by atoms with Crippen LogP contribution < -0.4 is 10.6 Å². The van der Waals surface area contributed by atoms with Crippen molar-refractivity contribution >= 4 is 17.2 Å². The first kappa shape index (κ1) is 15.5. The average Bonchev–Trinajstić information content (AvgIpc) is 3.00. The molecule has 1 amide bonds. The average molecular weight is 295 g/mol. The molecule has 0 radical (unpaired) electrons. The number of hydrogen-bond donors (Lipinski definition) is 2. The second-order valence-electron chi connectivity index (χ2n) is 6.06. The van der Waals surface area contributed by atoms with E-state index in [-0.39, 0.29) is 5.91 Å². The number of rotatable bonds is 7. The summed E-state index contributed by atoms with van der Waals surface area (Å²) in [4.78, 5) is 13.5. The van der Waals surface area contributed by atoms with Crippen molar-refractivity contribution in [2.45, 2.75) is 26.8 Å². The summed E-state index contributed by atoms with van der Waals surface area (Å²) in [5, 5.41) is 10.7. The van der Waals surface area contributed by atoms with E-state index in [1.54, 1.807) is 18.3 Å². The minimum absolute atomic E-state index is 0.0502. The Morgan fingerprint density at radius 1 is 1.60 bits per heavy atom. The van der Waals surface area contributed by atoms with E-state index >= 15 is 0 Å². The van der Waals surface area contributed by atoms with E-state index < -0.39 is 0 Å². The van der Waals surface area contributed by atoms with E-state index in [9.17, 15) is 4.79 Å². The number of thiophene rings is 1. The monoisotopic (exact) mass is 295 g/mol. The number of carbonyl (C=O) groups is 1. The van der Waals surface area contributed by atoms with Crippen LogP contribution in [0.5, 0.6) is 0 Å². The number of nitrogens with zero attached hydrogens (tertiary/aromatic N) is 1. The largest absolute Gasteiger partial charge is 0.355 e. The summed E-state index contributed by atoms with van der Waals surface area (Å²) in [7, 11) is 0. The summed E-state index contributed by atoms with van der Waals surface area (Å²) >= 11 is 1.74. The fraction of sp³-hybridized carbons (Fsp3) is 0.667. The van der Waals surface area contributed by atoms with Crippen LogP contribution >= 0.6 is 11.3 Å². The molecule has 0 spiro atoms. The van der Waals surface area contributed by atoms with E-state index in [4.69, 9.17) is 0 Å². The van der Waals surface area contributed by atoms with Gasteiger partial charge in [-0.2, -0.15) is 11.3 Å². The molecule has 1 aliphatic rings. The molecular weight excluding hydrogens is 270 g/mol. The number of carbonyl (C=O) groups excluding carboxylic acids is 1. The van der Waals surface area contributed by atoms with Gasteiger partial charge in [-0.05, 0) is 40.8 Å². The molecule has 0 aliphatic carbocycles. The summed E-state index contributed by atoms with van der Waals surface area (Å²) in [5.41, 5.74) is 1.72. The molecule has 1 aliphatic heterocycles. The van der Waals surface area contributed by atoms with Gasteiger partial charge >= 0.3 is 0 Å². The maximum absolute atomic E-state index is 11.0. The highest BCUT2D eigenvalue weighted by Gasteiger charge is 2.30. The summed E-state index contributed by atoms with van der Waals surface area (Å²) in [6.07, 6.45) is 1.23. The highest BCUT2D eigenvalue weighted by atomic mass is 32.1. The summed E-state index contributed by atoms with van der Waals surface area (Å²) in [5.74, 6) is 0.0502. The zero-order chi connectivity index (χ0) is 14.4. The van der Waals surface area contributed by atoms with Crippen LogP contribution in [0.4, 0.5) is 0 Å². The molecule has 2 N–H and O–H groups in total. The molecule has 1 unspecified atom stereocenters. The van der Waals surface area contributed by atoms with Crippen LogP contribution in [-0.4, -0.2) is 43.5 Å². The van der Waals surface area contributed by atoms with Gasteiger partial charge in [0.25, 0.3) is 0 Å². The van der Waals surface area contributed by atoms with Gasteiger partial charge in [-0.1, -0.05) is 6.92 Å². The molecule has 20 heavy (non-hydrogen) atoms. The Morgan fingerprint density at radius 2 is 2.45 bits per heavy atom. The van der Waals surface area contributed by atoms with E-state index in [0.717, 1.165) is 39.3 Å². The van der Waals surface area contributed by atoms with Crippen LogP contribution in [0.1, 0.15) is 25.8 Å². The van der Waals surface area contributed by atoms with Crippen molar-refractivity contribution in [1.29, 1.82) is 0 Å². The van der Waals surface area contributed by atoms with Crippen LogP contribution in [-0.2, 0) is 11.3 Å². The Balaban J connectivity index is 1.90. The van der Waals surface area contributed by atoms with Gasteiger partial charge in [-0.3, -0.25) is 9.69 Å². The number of hydrogen-bond acceptors (Lipinski definition) is 4. The van der Waals surface area contributed by atoms with Crippen molar-refractivity contribution in [3.63, 3.8) is 0 Å². The van der Waals surface area contributed by atoms with E-state index in [1.165, 1.54) is 12.0 Å². The number of amides is 1. The summed E-state index contributed by atoms with van der Waals surface area (Å²) in [6.45, 7) is 9.82. The number of nitrogens with one attached hydrogen (secondary N) is 2. The van der Waals surface area contributed by atoms with Crippen LogP contribution in [0.3, 0.4) is 0 Å². The fourth-order valence-electron chi connectivity index (χ4n) is 2.79. The van der Waals surface area contributed by atoms with Crippen molar-refractivity contribution < 1.29 is 4.79 Å². The minimum atomic E-state index is 0.0502. The van der Waals surface area contributed by atoms with Crippen molar-refractivity contribution in [2.75, 3.05) is 32.7 Å². The maximum Gasteiger partial charge on any atom is 0.216 e. The van der Waals surface area contributed by atoms with Gasteiger partial charge in [0.05, 0.1) is 0 Å². The Bertz CT molecular complexity index is 413. The van der Waals surface area contributed by atoms with Crippen LogP contribution in [0, 0.1) is 5.41 Å². The zero-order valence-corrected chi connectivity index (χ0v) is 13.3. The quantitative estimate of drug-likeness (QED) is 0.804. The lowest BCUT2D eigenvalue weighted by Gasteiger charge is -2.32. The van der Waals surface area contributed by atoms with Gasteiger partial charge < -0.3 is 10.6 Å². The highest BCUT2D eigenvalue weighted by molar-refractivity contribution is 7.07. The van der Waals surface area contributed by atoms with Gasteiger partial charge in [0.2, 0.25) is 5.91 Å². The van der Waals surface area contributed by atoms with Crippen molar-refractivity contribution in [2.24, 2.45) is 5.41 Å². The molecule has 112 valence electrons. The van der Waals surface area contributed by atoms with Crippen molar-refractivity contribution in [1.82, 2.24) is 15.5 Å². The van der Waals surface area contributed by atoms with Crippen LogP contribution in [0.15, 0.2) is 16.8 Å². The van der Waals surface area contributed by atoms with Crippen molar-refractivity contribution in [3.8, 4) is 0 Å². The van der Waals surface area contributed by atoms with Gasteiger partial charge in [-0.25, -0.2) is 0 Å². The molecule has 1 aromatic rings. The minimum Gasteiger partial charge on any atom is -0.355 e. The molecule has 4 nitrogen and oxygen atoms in total. The highest BCUT2D eigenvalue weighted by Crippen LogP contribution is 2.26. The third kappa shape index (κ3) is 4.89. The molecule has 0 aromatic carbocycles. The molecule has 1 aromatic heterocycles. The second kappa shape index (κ2) is 7.20. The van der Waals surface area contributed by atoms with Gasteiger partial charge in [0.1, 0.15) is 0 Å². The molecular formula is C15H25N3OS. The van der Waals surface area contributed by atoms with Crippen molar-refractivity contribution in [3.05, 3.63) is 22.4 Å². The SMILES string of the molecule is CC(=O)NCCN(Cc1ccsc1)CC1(C)CCNC1. The Labute approximate surface area is 125 Å². The normalized spacial score (nSPS) is 22.4. The Morgan fingerprint density at radius 3 is 3.05 bits per heavy atom. The van der Waals surface area contributed by atoms with Gasteiger partial charge in [0, 0.05) is 39.6 Å². The third-order valence-corrected chi connectivity index (χ3v) is 4.58. The smallest absolute Gasteiger partial charge is 0.216 e. The maximum atomic E-state index is 11.0. The zero-order valence-electron chi connectivity index (χ0n) is 12.4. The fourth-order valence-corrected chi connectivity index (χ4v) is 3.45. The standard InChI is InChI=1S/C15H25N3OS/c1-13(19)17-6-7-18(9-14-3-8-20-10-14)12-15(2)4-5-16-11-15/h3,8,10,16H,4-7,9,11-12H2,1-2H3,(H,17,19). The molecule has 2 heterocycles. The topological polar surface area (TPSA) is 44.4 Å². The predicted octanol–water partition coefficient (Wildman–Crippen LogP) is 1.69. The molecule has 1 saturated heterocycles. The van der Waals surface area contributed by atoms with Gasteiger partial charge in [-0.15, -0.1) is 0 Å². The Kier molecular flexibility index (Phi) is 5.57. The van der Waals surface area contributed by atoms with E-state index in [1.807, 2.05) is 0 Å². The Hall–Kier alpha value is -0.910. The molecule has 5 heteroatoms. The first-order valence-electron chi connectivity index (χ1n) is 7.26. The van der Waals surface area contributed by atoms with E-state index in [2.05, 4.69) is 39.3 Å². The third-order valence-electron chi connectivity index (χ3n) is 3.85. The lowest BCUT2D eigenvalue weighted by molar-refractivity contribution is -0.119. The van der Waals surface area contributed by atoms with Crippen LogP contribution in [0.25, 0.3) is 0 Å². The summed E-state index contributed by atoms with van der Waals surface area (Å²) < 4.78 is 0. The lowest BCUT2D eigenvalue weighted by Crippen LogP contribution is -2.40. The second-order valence-corrected chi connectivity index (χ2v) is 6.84. The molecule has 0 saturated carbocycles. The predicted molar refractivity (Wildman–Crippen MR) is 83.9 cm³/mol. The first-order valence-corrected chi connectivity index (χ1v) is 8.20. The molecule has 1 atom stereocenters. The molecule has 0 bridgehead atoms. The van der Waals surface area contributed by atoms with Gasteiger partial charge in [0.15, 0.2) is 0 Å². The van der Waals surface area contributed by atoms with Crippen LogP contribution in [0.2, 0.25) is 0 Å². The molecule has 1 fully saturated rings. The first-order chi connectivity index (χ1) is 9.57. The van der Waals surface area contributed by atoms with E-state index in [0.29, 0.717) is 5.41 Å². The summed E-state index contributed by atoms with van der Waals surface area (Å²) in [6, 6.07) is 2.19.